The lowest BCUT2D eigenvalue weighted by Crippen LogP contribution is -2.01. The maximum Gasteiger partial charge on any atom is 0.149 e. The van der Waals surface area contributed by atoms with E-state index in [1.54, 1.807) is 18.2 Å². The molecule has 2 aromatic heterocycles. The smallest absolute Gasteiger partial charge is 0.149 e. The SMILES string of the molecule is CC(C)c1nnsc1C(O)c1cc2cc(Cl)ccc2o1. The monoisotopic (exact) mass is 308 g/mol. The molecule has 104 valence electrons. The predicted octanol–water partition coefficient (Wildman–Crippen LogP) is 4.14. The molecular formula is C14H13ClN2O2S. The van der Waals surface area contributed by atoms with Crippen molar-refractivity contribution in [2.24, 2.45) is 0 Å². The molecule has 0 saturated heterocycles. The van der Waals surface area contributed by atoms with Crippen molar-refractivity contribution in [3.8, 4) is 0 Å². The summed E-state index contributed by atoms with van der Waals surface area (Å²) in [7, 11) is 0. The van der Waals surface area contributed by atoms with Gasteiger partial charge in [0.05, 0.1) is 10.6 Å². The Hall–Kier alpha value is -1.43. The Bertz CT molecular complexity index is 751. The largest absolute Gasteiger partial charge is 0.458 e. The molecular weight excluding hydrogens is 296 g/mol. The van der Waals surface area contributed by atoms with Crippen molar-refractivity contribution < 1.29 is 9.52 Å². The molecule has 1 atom stereocenters. The van der Waals surface area contributed by atoms with Gasteiger partial charge in [0.2, 0.25) is 0 Å². The van der Waals surface area contributed by atoms with E-state index in [9.17, 15) is 5.11 Å². The third-order valence-electron chi connectivity index (χ3n) is 3.10. The molecule has 0 aliphatic rings. The van der Waals surface area contributed by atoms with Crippen LogP contribution >= 0.6 is 23.1 Å². The highest BCUT2D eigenvalue weighted by atomic mass is 35.5. The lowest BCUT2D eigenvalue weighted by atomic mass is 10.1. The van der Waals surface area contributed by atoms with E-state index < -0.39 is 6.10 Å². The second-order valence-corrected chi connectivity index (χ2v) is 6.13. The van der Waals surface area contributed by atoms with Crippen molar-refractivity contribution in [1.82, 2.24) is 9.59 Å². The number of halogens is 1. The van der Waals surface area contributed by atoms with Crippen LogP contribution in [0.1, 0.15) is 42.2 Å². The zero-order valence-corrected chi connectivity index (χ0v) is 12.6. The molecule has 0 amide bonds. The van der Waals surface area contributed by atoms with Crippen molar-refractivity contribution >= 4 is 34.1 Å². The summed E-state index contributed by atoms with van der Waals surface area (Å²) in [5, 5.41) is 16.1. The van der Waals surface area contributed by atoms with Crippen molar-refractivity contribution in [2.45, 2.75) is 25.9 Å². The number of aliphatic hydroxyl groups excluding tert-OH is 1. The first kappa shape index (κ1) is 13.5. The standard InChI is InChI=1S/C14H13ClN2O2S/c1-7(2)12-14(20-17-16-12)13(18)11-6-8-5-9(15)3-4-10(8)19-11/h3-7,13,18H,1-2H3. The third kappa shape index (κ3) is 2.32. The highest BCUT2D eigenvalue weighted by Gasteiger charge is 2.23. The minimum Gasteiger partial charge on any atom is -0.458 e. The van der Waals surface area contributed by atoms with Gasteiger partial charge in [-0.25, -0.2) is 0 Å². The molecule has 20 heavy (non-hydrogen) atoms. The molecule has 1 aromatic carbocycles. The van der Waals surface area contributed by atoms with Gasteiger partial charge in [-0.15, -0.1) is 5.10 Å². The molecule has 6 heteroatoms. The van der Waals surface area contributed by atoms with Gasteiger partial charge in [0.15, 0.2) is 0 Å². The number of nitrogens with zero attached hydrogens (tertiary/aromatic N) is 2. The fourth-order valence-corrected chi connectivity index (χ4v) is 3.08. The second-order valence-electron chi connectivity index (χ2n) is 4.91. The van der Waals surface area contributed by atoms with Crippen molar-refractivity contribution in [1.29, 1.82) is 0 Å². The van der Waals surface area contributed by atoms with Crippen LogP contribution in [-0.4, -0.2) is 14.7 Å². The molecule has 1 unspecified atom stereocenters. The maximum absolute atomic E-state index is 10.5. The Morgan fingerprint density at radius 2 is 2.10 bits per heavy atom. The Kier molecular flexibility index (Phi) is 3.50. The normalized spacial score (nSPS) is 13.2. The van der Waals surface area contributed by atoms with E-state index in [2.05, 4.69) is 9.59 Å². The third-order valence-corrected chi connectivity index (χ3v) is 4.13. The van der Waals surface area contributed by atoms with E-state index in [1.807, 2.05) is 19.9 Å². The number of aliphatic hydroxyl groups is 1. The zero-order chi connectivity index (χ0) is 14.3. The molecule has 0 bridgehead atoms. The van der Waals surface area contributed by atoms with Crippen LogP contribution < -0.4 is 0 Å². The molecule has 3 rings (SSSR count). The summed E-state index contributed by atoms with van der Waals surface area (Å²) in [6.07, 6.45) is -0.849. The van der Waals surface area contributed by atoms with Crippen LogP contribution in [0.4, 0.5) is 0 Å². The van der Waals surface area contributed by atoms with Crippen molar-refractivity contribution in [3.05, 3.63) is 45.6 Å². The van der Waals surface area contributed by atoms with Gasteiger partial charge in [-0.05, 0) is 41.7 Å². The fourth-order valence-electron chi connectivity index (χ4n) is 2.09. The number of fused-ring (bicyclic) bond motifs is 1. The van der Waals surface area contributed by atoms with Crippen LogP contribution in [-0.2, 0) is 0 Å². The van der Waals surface area contributed by atoms with Crippen LogP contribution in [0.25, 0.3) is 11.0 Å². The topological polar surface area (TPSA) is 59.2 Å². The molecule has 1 N–H and O–H groups in total. The average Bonchev–Trinajstić information content (AvgIpc) is 3.03. The summed E-state index contributed by atoms with van der Waals surface area (Å²) in [5.74, 6) is 0.687. The summed E-state index contributed by atoms with van der Waals surface area (Å²) in [6, 6.07) is 7.17. The number of furan rings is 1. The molecule has 2 heterocycles. The summed E-state index contributed by atoms with van der Waals surface area (Å²) >= 11 is 7.15. The number of aromatic nitrogens is 2. The lowest BCUT2D eigenvalue weighted by molar-refractivity contribution is 0.194. The Morgan fingerprint density at radius 1 is 1.30 bits per heavy atom. The van der Waals surface area contributed by atoms with Crippen molar-refractivity contribution in [3.63, 3.8) is 0 Å². The van der Waals surface area contributed by atoms with Gasteiger partial charge in [0, 0.05) is 10.4 Å². The van der Waals surface area contributed by atoms with Gasteiger partial charge in [-0.2, -0.15) is 0 Å². The van der Waals surface area contributed by atoms with Gasteiger partial charge in [0.1, 0.15) is 17.4 Å². The number of benzene rings is 1. The molecule has 0 saturated carbocycles. The number of hydrogen-bond acceptors (Lipinski definition) is 5. The van der Waals surface area contributed by atoms with Crippen LogP contribution in [0.2, 0.25) is 5.02 Å². The summed E-state index contributed by atoms with van der Waals surface area (Å²) in [6.45, 7) is 4.04. The Labute approximate surface area is 125 Å². The molecule has 0 fully saturated rings. The Morgan fingerprint density at radius 3 is 2.85 bits per heavy atom. The minimum atomic E-state index is -0.849. The van der Waals surface area contributed by atoms with Gasteiger partial charge in [-0.1, -0.05) is 29.9 Å². The van der Waals surface area contributed by atoms with Crippen molar-refractivity contribution in [2.75, 3.05) is 0 Å². The molecule has 0 aliphatic heterocycles. The molecule has 4 nitrogen and oxygen atoms in total. The van der Waals surface area contributed by atoms with E-state index in [1.165, 1.54) is 11.5 Å². The van der Waals surface area contributed by atoms with E-state index in [0.29, 0.717) is 16.4 Å². The van der Waals surface area contributed by atoms with Crippen LogP contribution in [0, 0.1) is 0 Å². The average molecular weight is 309 g/mol. The van der Waals surface area contributed by atoms with Gasteiger partial charge in [-0.3, -0.25) is 0 Å². The predicted molar refractivity (Wildman–Crippen MR) is 79.3 cm³/mol. The van der Waals surface area contributed by atoms with Gasteiger partial charge in [0.25, 0.3) is 0 Å². The fraction of sp³-hybridized carbons (Fsp3) is 0.286. The quantitative estimate of drug-likeness (QED) is 0.790. The number of rotatable bonds is 3. The van der Waals surface area contributed by atoms with Crippen LogP contribution in [0.15, 0.2) is 28.7 Å². The summed E-state index contributed by atoms with van der Waals surface area (Å²) < 4.78 is 9.61. The molecule has 0 radical (unpaired) electrons. The first-order valence-corrected chi connectivity index (χ1v) is 7.40. The Balaban J connectivity index is 2.03. The highest BCUT2D eigenvalue weighted by molar-refractivity contribution is 7.05. The first-order valence-electron chi connectivity index (χ1n) is 6.25. The van der Waals surface area contributed by atoms with Crippen LogP contribution in [0.3, 0.4) is 0 Å². The molecule has 3 aromatic rings. The van der Waals surface area contributed by atoms with E-state index in [4.69, 9.17) is 16.0 Å². The summed E-state index contributed by atoms with van der Waals surface area (Å²) in [4.78, 5) is 0.727. The van der Waals surface area contributed by atoms with Gasteiger partial charge >= 0.3 is 0 Å². The minimum absolute atomic E-state index is 0.206. The first-order chi connectivity index (χ1) is 9.56. The summed E-state index contributed by atoms with van der Waals surface area (Å²) in [5.41, 5.74) is 1.51. The lowest BCUT2D eigenvalue weighted by Gasteiger charge is -2.08. The second kappa shape index (κ2) is 5.16. The highest BCUT2D eigenvalue weighted by Crippen LogP contribution is 2.34. The van der Waals surface area contributed by atoms with Crippen LogP contribution in [0.5, 0.6) is 0 Å². The zero-order valence-electron chi connectivity index (χ0n) is 11.0. The van der Waals surface area contributed by atoms with E-state index in [0.717, 1.165) is 16.0 Å². The molecule has 0 aliphatic carbocycles. The van der Waals surface area contributed by atoms with E-state index >= 15 is 0 Å². The molecule has 0 spiro atoms. The number of hydrogen-bond donors (Lipinski definition) is 1. The van der Waals surface area contributed by atoms with Gasteiger partial charge < -0.3 is 9.52 Å². The maximum atomic E-state index is 10.5. The van der Waals surface area contributed by atoms with E-state index in [-0.39, 0.29) is 5.92 Å².